The lowest BCUT2D eigenvalue weighted by atomic mass is 9.82. The summed E-state index contributed by atoms with van der Waals surface area (Å²) in [6, 6.07) is 5.76. The number of aromatic nitrogens is 1. The normalized spacial score (nSPS) is 17.0. The molecule has 1 saturated heterocycles. The van der Waals surface area contributed by atoms with Crippen LogP contribution in [0.15, 0.2) is 24.4 Å². The van der Waals surface area contributed by atoms with Gasteiger partial charge in [0, 0.05) is 48.3 Å². The number of amides is 1. The fraction of sp³-hybridized carbons (Fsp3) is 0.500. The molecule has 1 fully saturated rings. The summed E-state index contributed by atoms with van der Waals surface area (Å²) < 4.78 is 0. The summed E-state index contributed by atoms with van der Waals surface area (Å²) in [6.07, 6.45) is 1.95. The quantitative estimate of drug-likeness (QED) is 0.936. The molecule has 0 saturated carbocycles. The van der Waals surface area contributed by atoms with E-state index in [0.717, 1.165) is 49.2 Å². The number of aromatic amines is 1. The summed E-state index contributed by atoms with van der Waals surface area (Å²) in [4.78, 5) is 20.7. The van der Waals surface area contributed by atoms with E-state index in [1.165, 1.54) is 0 Å². The molecule has 4 nitrogen and oxygen atoms in total. The minimum Gasteiger partial charge on any atom is -0.361 e. The maximum atomic E-state index is 13.1. The summed E-state index contributed by atoms with van der Waals surface area (Å²) in [6.45, 7) is 10.7. The van der Waals surface area contributed by atoms with Gasteiger partial charge in [-0.2, -0.15) is 0 Å². The Bertz CT molecular complexity index is 714. The molecule has 2 aromatic rings. The van der Waals surface area contributed by atoms with Crippen LogP contribution in [0.4, 0.5) is 0 Å². The van der Waals surface area contributed by atoms with Crippen molar-refractivity contribution in [3.8, 4) is 0 Å². The number of rotatable bonds is 3. The van der Waals surface area contributed by atoms with E-state index in [0.29, 0.717) is 5.02 Å². The molecular weight excluding hydrogens is 310 g/mol. The second kappa shape index (κ2) is 6.17. The number of hydrogen-bond acceptors (Lipinski definition) is 2. The molecule has 1 aromatic carbocycles. The lowest BCUT2D eigenvalue weighted by Gasteiger charge is -2.38. The maximum absolute atomic E-state index is 13.1. The van der Waals surface area contributed by atoms with Gasteiger partial charge in [-0.15, -0.1) is 0 Å². The van der Waals surface area contributed by atoms with Gasteiger partial charge >= 0.3 is 0 Å². The first kappa shape index (κ1) is 16.3. The average molecular weight is 334 g/mol. The van der Waals surface area contributed by atoms with Gasteiger partial charge in [0.05, 0.1) is 5.41 Å². The number of likely N-dealkylation sites (N-methyl/N-ethyl adjacent to an activating group) is 1. The van der Waals surface area contributed by atoms with Crippen molar-refractivity contribution in [2.75, 3.05) is 32.7 Å². The van der Waals surface area contributed by atoms with Crippen molar-refractivity contribution in [1.82, 2.24) is 14.8 Å². The van der Waals surface area contributed by atoms with E-state index < -0.39 is 5.41 Å². The van der Waals surface area contributed by atoms with E-state index in [1.807, 2.05) is 43.1 Å². The highest BCUT2D eigenvalue weighted by atomic mass is 35.5. The smallest absolute Gasteiger partial charge is 0.232 e. The van der Waals surface area contributed by atoms with Crippen LogP contribution in [0.5, 0.6) is 0 Å². The monoisotopic (exact) mass is 333 g/mol. The second-order valence-electron chi connectivity index (χ2n) is 6.74. The average Bonchev–Trinajstić information content (AvgIpc) is 2.98. The van der Waals surface area contributed by atoms with Gasteiger partial charge in [0.15, 0.2) is 0 Å². The van der Waals surface area contributed by atoms with Crippen LogP contribution in [-0.2, 0) is 10.2 Å². The van der Waals surface area contributed by atoms with E-state index >= 15 is 0 Å². The van der Waals surface area contributed by atoms with Crippen molar-refractivity contribution < 1.29 is 4.79 Å². The number of benzene rings is 1. The molecule has 0 aliphatic carbocycles. The number of piperazine rings is 1. The zero-order valence-electron chi connectivity index (χ0n) is 14.0. The number of nitrogens with one attached hydrogen (secondary N) is 1. The maximum Gasteiger partial charge on any atom is 0.232 e. The summed E-state index contributed by atoms with van der Waals surface area (Å²) in [5.74, 6) is 0.189. The minimum absolute atomic E-state index is 0.189. The number of fused-ring (bicyclic) bond motifs is 1. The number of H-pyrrole nitrogens is 1. The Balaban J connectivity index is 1.87. The molecule has 0 spiro atoms. The fourth-order valence-electron chi connectivity index (χ4n) is 3.39. The Morgan fingerprint density at radius 1 is 1.26 bits per heavy atom. The van der Waals surface area contributed by atoms with Gasteiger partial charge < -0.3 is 14.8 Å². The van der Waals surface area contributed by atoms with Crippen LogP contribution in [0.3, 0.4) is 0 Å². The molecule has 5 heteroatoms. The predicted octanol–water partition coefficient (Wildman–Crippen LogP) is 3.26. The first-order valence-electron chi connectivity index (χ1n) is 8.22. The lowest BCUT2D eigenvalue weighted by Crippen LogP contribution is -2.53. The SMILES string of the molecule is CCN1CCN(C(=O)C(C)(C)c2c[nH]c3ccc(Cl)cc23)CC1. The van der Waals surface area contributed by atoms with E-state index in [-0.39, 0.29) is 5.91 Å². The lowest BCUT2D eigenvalue weighted by molar-refractivity contribution is -0.138. The van der Waals surface area contributed by atoms with Gasteiger partial charge in [0.1, 0.15) is 0 Å². The molecule has 2 heterocycles. The summed E-state index contributed by atoms with van der Waals surface area (Å²) in [5, 5.41) is 1.72. The van der Waals surface area contributed by atoms with Gasteiger partial charge in [0.2, 0.25) is 5.91 Å². The zero-order valence-corrected chi connectivity index (χ0v) is 14.8. The fourth-order valence-corrected chi connectivity index (χ4v) is 3.56. The Labute approximate surface area is 142 Å². The molecule has 124 valence electrons. The van der Waals surface area contributed by atoms with Gasteiger partial charge in [0.25, 0.3) is 0 Å². The van der Waals surface area contributed by atoms with Crippen LogP contribution in [0.1, 0.15) is 26.3 Å². The first-order chi connectivity index (χ1) is 10.9. The third-order valence-electron chi connectivity index (χ3n) is 4.96. The van der Waals surface area contributed by atoms with Crippen molar-refractivity contribution in [3.63, 3.8) is 0 Å². The molecule has 0 unspecified atom stereocenters. The Morgan fingerprint density at radius 3 is 2.61 bits per heavy atom. The Morgan fingerprint density at radius 2 is 1.96 bits per heavy atom. The first-order valence-corrected chi connectivity index (χ1v) is 8.60. The molecule has 0 bridgehead atoms. The number of carbonyl (C=O) groups excluding carboxylic acids is 1. The van der Waals surface area contributed by atoms with Crippen molar-refractivity contribution in [3.05, 3.63) is 35.0 Å². The van der Waals surface area contributed by atoms with Crippen molar-refractivity contribution in [1.29, 1.82) is 0 Å². The van der Waals surface area contributed by atoms with Crippen molar-refractivity contribution in [2.24, 2.45) is 0 Å². The number of halogens is 1. The van der Waals surface area contributed by atoms with E-state index in [4.69, 9.17) is 11.6 Å². The Hall–Kier alpha value is -1.52. The predicted molar refractivity (Wildman–Crippen MR) is 95.0 cm³/mol. The molecule has 1 aliphatic heterocycles. The van der Waals surface area contributed by atoms with Gasteiger partial charge in [-0.05, 0) is 44.2 Å². The summed E-state index contributed by atoms with van der Waals surface area (Å²) >= 11 is 6.14. The molecule has 1 aliphatic rings. The van der Waals surface area contributed by atoms with Gasteiger partial charge in [-0.3, -0.25) is 4.79 Å². The molecule has 0 atom stereocenters. The van der Waals surface area contributed by atoms with Crippen LogP contribution in [0.2, 0.25) is 5.02 Å². The molecule has 23 heavy (non-hydrogen) atoms. The van der Waals surface area contributed by atoms with Crippen LogP contribution in [-0.4, -0.2) is 53.4 Å². The second-order valence-corrected chi connectivity index (χ2v) is 7.18. The van der Waals surface area contributed by atoms with Crippen molar-refractivity contribution in [2.45, 2.75) is 26.2 Å². The van der Waals surface area contributed by atoms with E-state index in [9.17, 15) is 4.79 Å². The molecule has 1 amide bonds. The van der Waals surface area contributed by atoms with E-state index in [1.54, 1.807) is 0 Å². The van der Waals surface area contributed by atoms with Gasteiger partial charge in [-0.1, -0.05) is 18.5 Å². The molecule has 0 radical (unpaired) electrons. The highest BCUT2D eigenvalue weighted by molar-refractivity contribution is 6.31. The van der Waals surface area contributed by atoms with Crippen LogP contribution >= 0.6 is 11.6 Å². The zero-order chi connectivity index (χ0) is 16.6. The third-order valence-corrected chi connectivity index (χ3v) is 5.19. The topological polar surface area (TPSA) is 39.3 Å². The standard InChI is InChI=1S/C18H24ClN3O/c1-4-21-7-9-22(10-8-21)17(23)18(2,3)15-12-20-16-6-5-13(19)11-14(15)16/h5-6,11-12,20H,4,7-10H2,1-3H3. The highest BCUT2D eigenvalue weighted by Gasteiger charge is 2.36. The van der Waals surface area contributed by atoms with Crippen LogP contribution < -0.4 is 0 Å². The minimum atomic E-state index is -0.572. The Kier molecular flexibility index (Phi) is 4.39. The van der Waals surface area contributed by atoms with Crippen LogP contribution in [0.25, 0.3) is 10.9 Å². The van der Waals surface area contributed by atoms with Crippen LogP contribution in [0, 0.1) is 0 Å². The summed E-state index contributed by atoms with van der Waals surface area (Å²) in [5.41, 5.74) is 1.45. The largest absolute Gasteiger partial charge is 0.361 e. The van der Waals surface area contributed by atoms with Crippen molar-refractivity contribution >= 4 is 28.4 Å². The third kappa shape index (κ3) is 2.98. The number of carbonyl (C=O) groups is 1. The van der Waals surface area contributed by atoms with Gasteiger partial charge in [-0.25, -0.2) is 0 Å². The summed E-state index contributed by atoms with van der Waals surface area (Å²) in [7, 11) is 0. The van der Waals surface area contributed by atoms with E-state index in [2.05, 4.69) is 16.8 Å². The number of nitrogens with zero attached hydrogens (tertiary/aromatic N) is 2. The molecule has 3 rings (SSSR count). The molecule has 1 N–H and O–H groups in total. The molecule has 1 aromatic heterocycles. The molecular formula is C18H24ClN3O. The highest BCUT2D eigenvalue weighted by Crippen LogP contribution is 2.33. The number of hydrogen-bond donors (Lipinski definition) is 1.